The van der Waals surface area contributed by atoms with E-state index in [1.807, 2.05) is 6.92 Å². The van der Waals surface area contributed by atoms with Gasteiger partial charge >= 0.3 is 12.2 Å². The molecule has 0 aromatic carbocycles. The minimum Gasteiger partial charge on any atom is -0.453 e. The molecule has 4 rings (SSSR count). The summed E-state index contributed by atoms with van der Waals surface area (Å²) < 4.78 is 26.3. The van der Waals surface area contributed by atoms with Crippen molar-refractivity contribution in [3.8, 4) is 0 Å². The topological polar surface area (TPSA) is 83.5 Å². The van der Waals surface area contributed by atoms with E-state index in [1.165, 1.54) is 14.2 Å². The summed E-state index contributed by atoms with van der Waals surface area (Å²) >= 11 is 0. The monoisotopic (exact) mass is 357 g/mol. The van der Waals surface area contributed by atoms with E-state index in [4.69, 9.17) is 18.9 Å². The van der Waals surface area contributed by atoms with Gasteiger partial charge < -0.3 is 28.6 Å². The zero-order valence-corrected chi connectivity index (χ0v) is 15.2. The Labute approximate surface area is 147 Å². The molecule has 3 heterocycles. The fourth-order valence-electron chi connectivity index (χ4n) is 5.07. The molecule has 0 spiro atoms. The zero-order chi connectivity index (χ0) is 18.2. The van der Waals surface area contributed by atoms with E-state index >= 15 is 0 Å². The highest BCUT2D eigenvalue weighted by atomic mass is 16.7. The van der Waals surface area contributed by atoms with Crippen LogP contribution in [0.4, 0.5) is 9.59 Å². The lowest BCUT2D eigenvalue weighted by molar-refractivity contribution is -0.228. The maximum atomic E-state index is 12.4. The minimum atomic E-state index is -0.715. The van der Waals surface area contributed by atoms with Crippen molar-refractivity contribution in [2.24, 2.45) is 17.8 Å². The summed E-state index contributed by atoms with van der Waals surface area (Å²) in [5.41, 5.74) is 0. The first-order valence-electron chi connectivity index (χ1n) is 8.83. The summed E-state index contributed by atoms with van der Waals surface area (Å²) in [5, 5.41) is 0. The van der Waals surface area contributed by atoms with Crippen LogP contribution in [0.25, 0.3) is 0 Å². The van der Waals surface area contributed by atoms with Crippen LogP contribution in [-0.4, -0.2) is 69.1 Å². The molecule has 142 valence electrons. The number of amides is 1. The van der Waals surface area contributed by atoms with Crippen molar-refractivity contribution in [1.82, 2.24) is 4.90 Å². The smallest absolute Gasteiger partial charge is 0.453 e. The second kappa shape index (κ2) is 6.99. The number of methoxy groups -OCH3 is 2. The average Bonchev–Trinajstić information content (AvgIpc) is 3.25. The van der Waals surface area contributed by atoms with Gasteiger partial charge in [-0.1, -0.05) is 13.3 Å². The lowest BCUT2D eigenvalue weighted by atomic mass is 9.58. The molecule has 3 saturated heterocycles. The van der Waals surface area contributed by atoms with Crippen LogP contribution in [0, 0.1) is 17.8 Å². The lowest BCUT2D eigenvalue weighted by Gasteiger charge is -2.50. The molecular weight excluding hydrogens is 330 g/mol. The molecule has 1 unspecified atom stereocenters. The Balaban J connectivity index is 1.79. The summed E-state index contributed by atoms with van der Waals surface area (Å²) in [6, 6.07) is -0.0460. The highest BCUT2D eigenvalue weighted by Crippen LogP contribution is 2.62. The van der Waals surface area contributed by atoms with Crippen molar-refractivity contribution in [3.05, 3.63) is 0 Å². The molecule has 0 aromatic rings. The minimum absolute atomic E-state index is 0.0219. The maximum absolute atomic E-state index is 12.4. The molecule has 25 heavy (non-hydrogen) atoms. The number of rotatable bonds is 5. The van der Waals surface area contributed by atoms with Crippen LogP contribution in [0.2, 0.25) is 0 Å². The highest BCUT2D eigenvalue weighted by Gasteiger charge is 2.71. The molecule has 1 amide bonds. The number of ether oxygens (including phenoxy) is 5. The van der Waals surface area contributed by atoms with Crippen LogP contribution in [0.15, 0.2) is 0 Å². The number of carbonyl (C=O) groups excluding carboxylic acids is 2. The van der Waals surface area contributed by atoms with Gasteiger partial charge in [0, 0.05) is 24.4 Å². The van der Waals surface area contributed by atoms with Gasteiger partial charge in [-0.3, -0.25) is 0 Å². The molecule has 4 fully saturated rings. The quantitative estimate of drug-likeness (QED) is 0.696. The molecule has 8 heteroatoms. The average molecular weight is 357 g/mol. The van der Waals surface area contributed by atoms with Crippen LogP contribution in [0.3, 0.4) is 0 Å². The third-order valence-corrected chi connectivity index (χ3v) is 5.96. The lowest BCUT2D eigenvalue weighted by Crippen LogP contribution is -2.59. The molecule has 1 aliphatic carbocycles. The first-order chi connectivity index (χ1) is 12.0. The van der Waals surface area contributed by atoms with Gasteiger partial charge in [0.05, 0.1) is 34.0 Å². The molecular formula is C17H27NO7. The second-order valence-electron chi connectivity index (χ2n) is 6.91. The van der Waals surface area contributed by atoms with E-state index in [0.717, 1.165) is 6.42 Å². The molecule has 2 bridgehead atoms. The SMILES string of the molecule is CCC1[C@@H]2[C@@H](C3(C)OCCO3)[C@H]1N(C(=O)OC)[C@@H]2CCOC(=O)OC. The zero-order valence-electron chi connectivity index (χ0n) is 15.2. The van der Waals surface area contributed by atoms with E-state index in [9.17, 15) is 9.59 Å². The van der Waals surface area contributed by atoms with E-state index < -0.39 is 11.9 Å². The number of fused-ring (bicyclic) bond motifs is 1. The Morgan fingerprint density at radius 1 is 1.20 bits per heavy atom. The molecule has 1 saturated carbocycles. The van der Waals surface area contributed by atoms with Crippen LogP contribution in [-0.2, 0) is 23.7 Å². The van der Waals surface area contributed by atoms with E-state index in [0.29, 0.717) is 25.6 Å². The van der Waals surface area contributed by atoms with Crippen molar-refractivity contribution < 1.29 is 33.3 Å². The Kier molecular flexibility index (Phi) is 5.11. The van der Waals surface area contributed by atoms with Crippen LogP contribution in [0.1, 0.15) is 26.7 Å². The van der Waals surface area contributed by atoms with Crippen LogP contribution >= 0.6 is 0 Å². The van der Waals surface area contributed by atoms with Gasteiger partial charge in [0.1, 0.15) is 0 Å². The molecule has 0 radical (unpaired) electrons. The number of carbonyl (C=O) groups is 2. The van der Waals surface area contributed by atoms with Gasteiger partial charge in [-0.2, -0.15) is 0 Å². The number of hydrogen-bond acceptors (Lipinski definition) is 7. The van der Waals surface area contributed by atoms with Crippen molar-refractivity contribution in [2.45, 2.75) is 44.6 Å². The van der Waals surface area contributed by atoms with Crippen LogP contribution in [0.5, 0.6) is 0 Å². The third kappa shape index (κ3) is 2.85. The van der Waals surface area contributed by atoms with Gasteiger partial charge in [-0.15, -0.1) is 0 Å². The Morgan fingerprint density at radius 2 is 1.88 bits per heavy atom. The third-order valence-electron chi connectivity index (χ3n) is 5.96. The van der Waals surface area contributed by atoms with Gasteiger partial charge in [-0.25, -0.2) is 9.59 Å². The van der Waals surface area contributed by atoms with Crippen molar-refractivity contribution in [1.29, 1.82) is 0 Å². The fraction of sp³-hybridized carbons (Fsp3) is 0.882. The van der Waals surface area contributed by atoms with E-state index in [2.05, 4.69) is 11.7 Å². The summed E-state index contributed by atoms with van der Waals surface area (Å²) in [4.78, 5) is 25.4. The summed E-state index contributed by atoms with van der Waals surface area (Å²) in [7, 11) is 2.66. The molecule has 3 aliphatic heterocycles. The Hall–Kier alpha value is -1.54. The molecule has 5 atom stereocenters. The molecule has 0 aromatic heterocycles. The largest absolute Gasteiger partial charge is 0.507 e. The summed E-state index contributed by atoms with van der Waals surface area (Å²) in [6.45, 7) is 5.41. The Bertz CT molecular complexity index is 519. The van der Waals surface area contributed by atoms with Crippen LogP contribution < -0.4 is 0 Å². The second-order valence-corrected chi connectivity index (χ2v) is 6.91. The summed E-state index contributed by atoms with van der Waals surface area (Å²) in [6.07, 6.45) is 0.434. The van der Waals surface area contributed by atoms with E-state index in [1.54, 1.807) is 4.90 Å². The number of hydrogen-bond donors (Lipinski definition) is 0. The first-order valence-corrected chi connectivity index (χ1v) is 8.83. The first kappa shape index (κ1) is 18.3. The highest BCUT2D eigenvalue weighted by molar-refractivity contribution is 5.70. The molecule has 8 nitrogen and oxygen atoms in total. The predicted octanol–water partition coefficient (Wildman–Crippen LogP) is 2.01. The van der Waals surface area contributed by atoms with Crippen molar-refractivity contribution in [3.63, 3.8) is 0 Å². The molecule has 4 aliphatic rings. The van der Waals surface area contributed by atoms with Gasteiger partial charge in [0.15, 0.2) is 5.79 Å². The summed E-state index contributed by atoms with van der Waals surface area (Å²) in [5.74, 6) is 0.0306. The normalized spacial score (nSPS) is 35.2. The number of nitrogens with zero attached hydrogens (tertiary/aromatic N) is 1. The maximum Gasteiger partial charge on any atom is 0.507 e. The standard InChI is InChI=1S/C17H27NO7/c1-5-10-12-11(6-7-23-16(20)22-4)18(15(19)21-3)14(10)13(12)17(2)24-8-9-25-17/h10-14H,5-9H2,1-4H3/t10?,11-,12+,13-,14+/m1/s1. The van der Waals surface area contributed by atoms with Gasteiger partial charge in [0.25, 0.3) is 0 Å². The predicted molar refractivity (Wildman–Crippen MR) is 85.9 cm³/mol. The van der Waals surface area contributed by atoms with Crippen molar-refractivity contribution in [2.75, 3.05) is 34.0 Å². The van der Waals surface area contributed by atoms with Gasteiger partial charge in [-0.05, 0) is 18.8 Å². The van der Waals surface area contributed by atoms with E-state index in [-0.39, 0.29) is 36.6 Å². The fourth-order valence-corrected chi connectivity index (χ4v) is 5.07. The molecule has 0 N–H and O–H groups in total. The van der Waals surface area contributed by atoms with Gasteiger partial charge in [0.2, 0.25) is 0 Å². The Morgan fingerprint density at radius 3 is 2.44 bits per heavy atom. The van der Waals surface area contributed by atoms with Crippen molar-refractivity contribution >= 4 is 12.2 Å².